The van der Waals surface area contributed by atoms with E-state index in [4.69, 9.17) is 9.05 Å². The maximum Gasteiger partial charge on any atom is 0.410 e. The van der Waals surface area contributed by atoms with E-state index in [0.29, 0.717) is 5.30 Å². The Labute approximate surface area is 135 Å². The first-order valence-electron chi connectivity index (χ1n) is 6.39. The van der Waals surface area contributed by atoms with Gasteiger partial charge in [-0.05, 0) is 37.3 Å². The Morgan fingerprint density at radius 1 is 1.23 bits per heavy atom. The van der Waals surface area contributed by atoms with Crippen LogP contribution >= 0.6 is 23.5 Å². The summed E-state index contributed by atoms with van der Waals surface area (Å²) in [5.41, 5.74) is -0.0685. The summed E-state index contributed by atoms with van der Waals surface area (Å²) < 4.78 is 24.5. The van der Waals surface area contributed by atoms with Crippen molar-refractivity contribution >= 4 is 34.5 Å². The standard InChI is InChI=1S/C14H13BrNO5P/c1-2-20-22(19,14-5-3-4-11(15)10-14)21-13-8-6-12(7-9-13)16(17)18/h3-10H,2H2,1H3/t22-/m1/s1. The number of nitro benzene ring substituents is 1. The van der Waals surface area contributed by atoms with Gasteiger partial charge >= 0.3 is 7.60 Å². The van der Waals surface area contributed by atoms with Crippen molar-refractivity contribution in [2.75, 3.05) is 6.61 Å². The largest absolute Gasteiger partial charge is 0.421 e. The molecule has 8 heteroatoms. The second-order valence-electron chi connectivity index (χ2n) is 4.24. The fourth-order valence-corrected chi connectivity index (χ4v) is 3.93. The van der Waals surface area contributed by atoms with Gasteiger partial charge in [-0.1, -0.05) is 22.0 Å². The molecule has 0 saturated carbocycles. The number of non-ortho nitro benzene ring substituents is 1. The first-order chi connectivity index (χ1) is 10.4. The summed E-state index contributed by atoms with van der Waals surface area (Å²) in [6.07, 6.45) is 0. The Morgan fingerprint density at radius 2 is 1.91 bits per heavy atom. The molecule has 0 radical (unpaired) electrons. The van der Waals surface area contributed by atoms with Gasteiger partial charge < -0.3 is 4.52 Å². The van der Waals surface area contributed by atoms with Gasteiger partial charge in [-0.25, -0.2) is 4.57 Å². The zero-order valence-electron chi connectivity index (χ0n) is 11.6. The first kappa shape index (κ1) is 16.7. The molecule has 2 aromatic carbocycles. The zero-order valence-corrected chi connectivity index (χ0v) is 14.1. The van der Waals surface area contributed by atoms with Crippen molar-refractivity contribution in [1.29, 1.82) is 0 Å². The van der Waals surface area contributed by atoms with Crippen LogP contribution in [0.25, 0.3) is 0 Å². The summed E-state index contributed by atoms with van der Waals surface area (Å²) in [5.74, 6) is 0.238. The van der Waals surface area contributed by atoms with Gasteiger partial charge in [-0.2, -0.15) is 0 Å². The topological polar surface area (TPSA) is 78.7 Å². The van der Waals surface area contributed by atoms with Gasteiger partial charge in [0.2, 0.25) is 0 Å². The van der Waals surface area contributed by atoms with Gasteiger partial charge in [-0.15, -0.1) is 0 Å². The summed E-state index contributed by atoms with van der Waals surface area (Å²) in [7, 11) is -3.56. The van der Waals surface area contributed by atoms with Crippen molar-refractivity contribution in [3.8, 4) is 5.75 Å². The van der Waals surface area contributed by atoms with E-state index < -0.39 is 12.5 Å². The SMILES string of the molecule is CCO[P@@](=O)(Oc1ccc([N+](=O)[O-])cc1)c1cccc(Br)c1. The Balaban J connectivity index is 2.32. The maximum absolute atomic E-state index is 13.0. The van der Waals surface area contributed by atoms with Crippen LogP contribution in [0.1, 0.15) is 6.92 Å². The monoisotopic (exact) mass is 385 g/mol. The molecule has 116 valence electrons. The lowest BCUT2D eigenvalue weighted by Gasteiger charge is -2.19. The molecule has 0 unspecified atom stereocenters. The van der Waals surface area contributed by atoms with Gasteiger partial charge in [0.15, 0.2) is 0 Å². The highest BCUT2D eigenvalue weighted by Crippen LogP contribution is 2.47. The molecule has 0 fully saturated rings. The van der Waals surface area contributed by atoms with E-state index in [1.807, 2.05) is 0 Å². The molecule has 0 amide bonds. The highest BCUT2D eigenvalue weighted by molar-refractivity contribution is 9.10. The molecule has 2 rings (SSSR count). The average molecular weight is 386 g/mol. The van der Waals surface area contributed by atoms with Crippen molar-refractivity contribution in [3.05, 3.63) is 63.1 Å². The molecule has 0 aliphatic heterocycles. The predicted molar refractivity (Wildman–Crippen MR) is 86.7 cm³/mol. The fourth-order valence-electron chi connectivity index (χ4n) is 1.74. The lowest BCUT2D eigenvalue weighted by atomic mass is 10.3. The summed E-state index contributed by atoms with van der Waals surface area (Å²) in [4.78, 5) is 10.1. The third kappa shape index (κ3) is 3.94. The molecule has 1 atom stereocenters. The molecular weight excluding hydrogens is 373 g/mol. The van der Waals surface area contributed by atoms with Crippen LogP contribution in [0.15, 0.2) is 53.0 Å². The summed E-state index contributed by atoms with van der Waals surface area (Å²) >= 11 is 3.31. The Hall–Kier alpha value is -1.69. The van der Waals surface area contributed by atoms with Crippen molar-refractivity contribution in [1.82, 2.24) is 0 Å². The molecule has 0 N–H and O–H groups in total. The maximum atomic E-state index is 13.0. The van der Waals surface area contributed by atoms with Crippen LogP contribution in [0, 0.1) is 10.1 Å². The molecule has 6 nitrogen and oxygen atoms in total. The lowest BCUT2D eigenvalue weighted by molar-refractivity contribution is -0.384. The van der Waals surface area contributed by atoms with E-state index in [1.54, 1.807) is 31.2 Å². The molecule has 0 aliphatic carbocycles. The van der Waals surface area contributed by atoms with Gasteiger partial charge in [0.05, 0.1) is 16.8 Å². The van der Waals surface area contributed by atoms with Crippen LogP contribution in [-0.4, -0.2) is 11.5 Å². The van der Waals surface area contributed by atoms with E-state index in [1.165, 1.54) is 24.3 Å². The minimum atomic E-state index is -3.56. The van der Waals surface area contributed by atoms with Crippen LogP contribution in [0.2, 0.25) is 0 Å². The van der Waals surface area contributed by atoms with E-state index in [0.717, 1.165) is 4.47 Å². The zero-order chi connectivity index (χ0) is 16.2. The molecule has 2 aromatic rings. The number of nitro groups is 1. The summed E-state index contributed by atoms with van der Waals surface area (Å²) in [6.45, 7) is 1.92. The molecule has 0 aliphatic rings. The molecule has 0 spiro atoms. The number of hydrogen-bond donors (Lipinski definition) is 0. The Morgan fingerprint density at radius 3 is 2.45 bits per heavy atom. The van der Waals surface area contributed by atoms with E-state index in [-0.39, 0.29) is 18.0 Å². The van der Waals surface area contributed by atoms with Gasteiger partial charge in [0.25, 0.3) is 5.69 Å². The normalized spacial score (nSPS) is 13.4. The minimum Gasteiger partial charge on any atom is -0.421 e. The fraction of sp³-hybridized carbons (Fsp3) is 0.143. The summed E-state index contributed by atoms with van der Waals surface area (Å²) in [6, 6.07) is 12.2. The first-order valence-corrected chi connectivity index (χ1v) is 8.73. The van der Waals surface area contributed by atoms with E-state index >= 15 is 0 Å². The lowest BCUT2D eigenvalue weighted by Crippen LogP contribution is -2.12. The molecule has 22 heavy (non-hydrogen) atoms. The number of nitrogens with zero attached hydrogens (tertiary/aromatic N) is 1. The molecule has 0 bridgehead atoms. The predicted octanol–water partition coefficient (Wildman–Crippen LogP) is 4.29. The number of halogens is 1. The third-order valence-electron chi connectivity index (χ3n) is 2.70. The van der Waals surface area contributed by atoms with Crippen molar-refractivity contribution < 1.29 is 18.5 Å². The molecule has 0 saturated heterocycles. The van der Waals surface area contributed by atoms with Crippen LogP contribution in [0.5, 0.6) is 5.75 Å². The summed E-state index contributed by atoms with van der Waals surface area (Å²) in [5, 5.41) is 11.0. The second kappa shape index (κ2) is 7.05. The Kier molecular flexibility index (Phi) is 5.34. The molecule has 0 aromatic heterocycles. The number of hydrogen-bond acceptors (Lipinski definition) is 5. The number of rotatable bonds is 6. The van der Waals surface area contributed by atoms with Crippen molar-refractivity contribution in [2.24, 2.45) is 0 Å². The van der Waals surface area contributed by atoms with Crippen LogP contribution in [0.3, 0.4) is 0 Å². The van der Waals surface area contributed by atoms with Crippen LogP contribution in [-0.2, 0) is 9.09 Å². The highest BCUT2D eigenvalue weighted by Gasteiger charge is 2.29. The van der Waals surface area contributed by atoms with E-state index in [2.05, 4.69) is 15.9 Å². The van der Waals surface area contributed by atoms with Crippen molar-refractivity contribution in [3.63, 3.8) is 0 Å². The van der Waals surface area contributed by atoms with Crippen LogP contribution < -0.4 is 9.83 Å². The third-order valence-corrected chi connectivity index (χ3v) is 5.15. The second-order valence-corrected chi connectivity index (χ2v) is 7.11. The van der Waals surface area contributed by atoms with E-state index in [9.17, 15) is 14.7 Å². The van der Waals surface area contributed by atoms with Gasteiger partial charge in [0.1, 0.15) is 5.75 Å². The Bertz CT molecular complexity index is 719. The van der Waals surface area contributed by atoms with Crippen molar-refractivity contribution in [2.45, 2.75) is 6.92 Å². The van der Waals surface area contributed by atoms with Crippen LogP contribution in [0.4, 0.5) is 5.69 Å². The molecular formula is C14H13BrNO5P. The highest BCUT2D eigenvalue weighted by atomic mass is 79.9. The minimum absolute atomic E-state index is 0.0685. The smallest absolute Gasteiger partial charge is 0.410 e. The van der Waals surface area contributed by atoms with Gasteiger partial charge in [-0.3, -0.25) is 14.6 Å². The van der Waals surface area contributed by atoms with Gasteiger partial charge in [0, 0.05) is 16.6 Å². The molecule has 0 heterocycles. The number of benzene rings is 2. The quantitative estimate of drug-likeness (QED) is 0.421. The average Bonchev–Trinajstić information content (AvgIpc) is 2.48.